The van der Waals surface area contributed by atoms with Crippen LogP contribution in [0.5, 0.6) is 0 Å². The standard InChI is InChI=1S/C17H33NO3/c1-2-3-4-8-11-16-21-17(20)12-9-6-5-7-10-13-18-14-15-19/h4,8,18-19H,2-3,5-7,9-16H2,1H3. The SMILES string of the molecule is CCCC=CCCOC(=O)CCCCCCCNCCO. The van der Waals surface area contributed by atoms with Crippen molar-refractivity contribution >= 4 is 5.97 Å². The van der Waals surface area contributed by atoms with Crippen molar-refractivity contribution in [3.63, 3.8) is 0 Å². The quantitative estimate of drug-likeness (QED) is 0.277. The summed E-state index contributed by atoms with van der Waals surface area (Å²) >= 11 is 0. The van der Waals surface area contributed by atoms with Crippen LogP contribution in [0.15, 0.2) is 12.2 Å². The summed E-state index contributed by atoms with van der Waals surface area (Å²) in [5.74, 6) is -0.0662. The third kappa shape index (κ3) is 17.1. The van der Waals surface area contributed by atoms with E-state index in [0.717, 1.165) is 51.5 Å². The average Bonchev–Trinajstić information content (AvgIpc) is 2.49. The van der Waals surface area contributed by atoms with Crippen LogP contribution >= 0.6 is 0 Å². The van der Waals surface area contributed by atoms with E-state index in [9.17, 15) is 4.79 Å². The first kappa shape index (κ1) is 20.1. The second-order valence-electron chi connectivity index (χ2n) is 5.26. The molecule has 0 aliphatic rings. The number of allylic oxidation sites excluding steroid dienone is 1. The van der Waals surface area contributed by atoms with E-state index in [1.807, 2.05) is 0 Å². The molecule has 0 amide bonds. The molecule has 124 valence electrons. The Bertz CT molecular complexity index is 254. The molecule has 0 bridgehead atoms. The fourth-order valence-corrected chi connectivity index (χ4v) is 1.97. The number of ether oxygens (including phenoxy) is 1. The number of aliphatic hydroxyl groups is 1. The molecule has 0 aliphatic heterocycles. The van der Waals surface area contributed by atoms with Crippen LogP contribution in [0.25, 0.3) is 0 Å². The molecule has 0 heterocycles. The second kappa shape index (κ2) is 17.2. The molecular weight excluding hydrogens is 266 g/mol. The van der Waals surface area contributed by atoms with E-state index in [2.05, 4.69) is 24.4 Å². The molecule has 0 aromatic rings. The molecule has 0 fully saturated rings. The van der Waals surface area contributed by atoms with Gasteiger partial charge in [-0.1, -0.05) is 44.8 Å². The Morgan fingerprint density at radius 2 is 1.76 bits per heavy atom. The van der Waals surface area contributed by atoms with E-state index in [1.165, 1.54) is 6.42 Å². The Morgan fingerprint density at radius 3 is 2.52 bits per heavy atom. The van der Waals surface area contributed by atoms with E-state index in [1.54, 1.807) is 0 Å². The molecular formula is C17H33NO3. The van der Waals surface area contributed by atoms with Crippen molar-refractivity contribution in [2.45, 2.75) is 64.7 Å². The smallest absolute Gasteiger partial charge is 0.305 e. The summed E-state index contributed by atoms with van der Waals surface area (Å²) in [6.45, 7) is 4.51. The Labute approximate surface area is 130 Å². The number of nitrogens with one attached hydrogen (secondary N) is 1. The number of hydrogen-bond donors (Lipinski definition) is 2. The highest BCUT2D eigenvalue weighted by atomic mass is 16.5. The van der Waals surface area contributed by atoms with Crippen molar-refractivity contribution < 1.29 is 14.6 Å². The number of esters is 1. The maximum atomic E-state index is 11.5. The van der Waals surface area contributed by atoms with Crippen LogP contribution < -0.4 is 5.32 Å². The van der Waals surface area contributed by atoms with Crippen LogP contribution in [0.2, 0.25) is 0 Å². The first-order valence-electron chi connectivity index (χ1n) is 8.43. The number of aliphatic hydroxyl groups excluding tert-OH is 1. The lowest BCUT2D eigenvalue weighted by atomic mass is 10.1. The highest BCUT2D eigenvalue weighted by molar-refractivity contribution is 5.69. The lowest BCUT2D eigenvalue weighted by molar-refractivity contribution is -0.143. The van der Waals surface area contributed by atoms with Crippen LogP contribution in [-0.2, 0) is 9.53 Å². The molecule has 4 heteroatoms. The predicted molar refractivity (Wildman–Crippen MR) is 87.3 cm³/mol. The molecule has 0 aliphatic carbocycles. The summed E-state index contributed by atoms with van der Waals surface area (Å²) < 4.78 is 5.17. The summed E-state index contributed by atoms with van der Waals surface area (Å²) in [5.41, 5.74) is 0. The fraction of sp³-hybridized carbons (Fsp3) is 0.824. The van der Waals surface area contributed by atoms with Gasteiger partial charge in [0, 0.05) is 13.0 Å². The molecule has 0 spiro atoms. The minimum absolute atomic E-state index is 0.0662. The summed E-state index contributed by atoms with van der Waals surface area (Å²) in [5, 5.41) is 11.8. The zero-order chi connectivity index (χ0) is 15.6. The van der Waals surface area contributed by atoms with Gasteiger partial charge in [-0.2, -0.15) is 0 Å². The maximum Gasteiger partial charge on any atom is 0.305 e. The van der Waals surface area contributed by atoms with E-state index < -0.39 is 0 Å². The predicted octanol–water partition coefficient (Wildman–Crippen LogP) is 3.20. The topological polar surface area (TPSA) is 58.6 Å². The lowest BCUT2D eigenvalue weighted by Crippen LogP contribution is -2.19. The van der Waals surface area contributed by atoms with Gasteiger partial charge in [0.25, 0.3) is 0 Å². The highest BCUT2D eigenvalue weighted by Crippen LogP contribution is 2.06. The Balaban J connectivity index is 3.19. The van der Waals surface area contributed by atoms with Crippen LogP contribution in [0.1, 0.15) is 64.7 Å². The fourth-order valence-electron chi connectivity index (χ4n) is 1.97. The molecule has 0 saturated heterocycles. The Morgan fingerprint density at radius 1 is 1.05 bits per heavy atom. The monoisotopic (exact) mass is 299 g/mol. The molecule has 0 aromatic heterocycles. The molecule has 0 rings (SSSR count). The van der Waals surface area contributed by atoms with Crippen molar-refractivity contribution in [3.8, 4) is 0 Å². The van der Waals surface area contributed by atoms with Gasteiger partial charge in [-0.25, -0.2) is 0 Å². The average molecular weight is 299 g/mol. The third-order valence-corrected chi connectivity index (χ3v) is 3.19. The van der Waals surface area contributed by atoms with Crippen LogP contribution in [0.4, 0.5) is 0 Å². The molecule has 4 nitrogen and oxygen atoms in total. The zero-order valence-electron chi connectivity index (χ0n) is 13.6. The Kier molecular flexibility index (Phi) is 16.5. The summed E-state index contributed by atoms with van der Waals surface area (Å²) in [6, 6.07) is 0. The van der Waals surface area contributed by atoms with E-state index in [4.69, 9.17) is 9.84 Å². The summed E-state index contributed by atoms with van der Waals surface area (Å²) in [4.78, 5) is 11.5. The van der Waals surface area contributed by atoms with Crippen molar-refractivity contribution in [1.82, 2.24) is 5.32 Å². The van der Waals surface area contributed by atoms with Gasteiger partial charge in [-0.15, -0.1) is 0 Å². The summed E-state index contributed by atoms with van der Waals surface area (Å²) in [7, 11) is 0. The highest BCUT2D eigenvalue weighted by Gasteiger charge is 2.01. The largest absolute Gasteiger partial charge is 0.465 e. The van der Waals surface area contributed by atoms with Crippen molar-refractivity contribution in [1.29, 1.82) is 0 Å². The number of carbonyl (C=O) groups is 1. The number of unbranched alkanes of at least 4 members (excludes halogenated alkanes) is 5. The summed E-state index contributed by atoms with van der Waals surface area (Å²) in [6.07, 6.45) is 13.3. The van der Waals surface area contributed by atoms with Gasteiger partial charge >= 0.3 is 5.97 Å². The van der Waals surface area contributed by atoms with E-state index >= 15 is 0 Å². The van der Waals surface area contributed by atoms with Crippen LogP contribution in [0, 0.1) is 0 Å². The van der Waals surface area contributed by atoms with Gasteiger partial charge in [-0.05, 0) is 32.2 Å². The molecule has 0 aromatic carbocycles. The van der Waals surface area contributed by atoms with E-state index in [-0.39, 0.29) is 12.6 Å². The number of hydrogen-bond acceptors (Lipinski definition) is 4. The normalized spacial score (nSPS) is 11.1. The van der Waals surface area contributed by atoms with Gasteiger partial charge in [0.2, 0.25) is 0 Å². The second-order valence-corrected chi connectivity index (χ2v) is 5.26. The van der Waals surface area contributed by atoms with Gasteiger partial charge in [0.1, 0.15) is 0 Å². The molecule has 2 N–H and O–H groups in total. The first-order chi connectivity index (χ1) is 10.3. The van der Waals surface area contributed by atoms with Crippen LogP contribution in [0.3, 0.4) is 0 Å². The van der Waals surface area contributed by atoms with Crippen molar-refractivity contribution in [2.24, 2.45) is 0 Å². The maximum absolute atomic E-state index is 11.5. The molecule has 0 radical (unpaired) electrons. The molecule has 21 heavy (non-hydrogen) atoms. The lowest BCUT2D eigenvalue weighted by Gasteiger charge is -2.04. The number of carbonyl (C=O) groups excluding carboxylic acids is 1. The third-order valence-electron chi connectivity index (χ3n) is 3.19. The van der Waals surface area contributed by atoms with Gasteiger partial charge in [-0.3, -0.25) is 4.79 Å². The first-order valence-corrected chi connectivity index (χ1v) is 8.43. The van der Waals surface area contributed by atoms with Gasteiger partial charge in [0.15, 0.2) is 0 Å². The van der Waals surface area contributed by atoms with Gasteiger partial charge < -0.3 is 15.2 Å². The Hall–Kier alpha value is -0.870. The molecule has 0 unspecified atom stereocenters. The number of rotatable bonds is 15. The minimum Gasteiger partial charge on any atom is -0.465 e. The zero-order valence-corrected chi connectivity index (χ0v) is 13.6. The van der Waals surface area contributed by atoms with Crippen LogP contribution in [-0.4, -0.2) is 37.4 Å². The van der Waals surface area contributed by atoms with Crippen molar-refractivity contribution in [2.75, 3.05) is 26.3 Å². The van der Waals surface area contributed by atoms with E-state index in [0.29, 0.717) is 19.6 Å². The minimum atomic E-state index is -0.0662. The van der Waals surface area contributed by atoms with Crippen molar-refractivity contribution in [3.05, 3.63) is 12.2 Å². The molecule has 0 saturated carbocycles. The molecule has 0 atom stereocenters. The van der Waals surface area contributed by atoms with Gasteiger partial charge in [0.05, 0.1) is 13.2 Å².